The predicted octanol–water partition coefficient (Wildman–Crippen LogP) is 3.58. The molecule has 1 aliphatic heterocycles. The number of H-pyrrole nitrogens is 1. The Labute approximate surface area is 130 Å². The number of aryl methyl sites for hydroxylation is 1. The van der Waals surface area contributed by atoms with Gasteiger partial charge in [0.2, 0.25) is 5.91 Å². The zero-order valence-electron chi connectivity index (χ0n) is 13.5. The van der Waals surface area contributed by atoms with Crippen molar-refractivity contribution in [2.75, 3.05) is 0 Å². The molecule has 116 valence electrons. The van der Waals surface area contributed by atoms with Crippen LogP contribution in [0.1, 0.15) is 50.5 Å². The van der Waals surface area contributed by atoms with E-state index in [2.05, 4.69) is 35.0 Å². The van der Waals surface area contributed by atoms with Gasteiger partial charge in [-0.15, -0.1) is 0 Å². The van der Waals surface area contributed by atoms with E-state index in [-0.39, 0.29) is 17.9 Å². The van der Waals surface area contributed by atoms with E-state index in [0.717, 1.165) is 29.7 Å². The molecule has 2 aliphatic rings. The summed E-state index contributed by atoms with van der Waals surface area (Å²) in [6, 6.07) is 6.84. The summed E-state index contributed by atoms with van der Waals surface area (Å²) in [5, 5.41) is 0. The zero-order valence-corrected chi connectivity index (χ0v) is 13.5. The number of aromatic nitrogens is 2. The van der Waals surface area contributed by atoms with E-state index in [1.807, 2.05) is 13.8 Å². The van der Waals surface area contributed by atoms with Crippen LogP contribution < -0.4 is 0 Å². The second-order valence-corrected chi connectivity index (χ2v) is 7.21. The van der Waals surface area contributed by atoms with Crippen molar-refractivity contribution in [2.24, 2.45) is 11.8 Å². The molecule has 0 radical (unpaired) electrons. The quantitative estimate of drug-likeness (QED) is 0.921. The van der Waals surface area contributed by atoms with Crippen LogP contribution in [0.3, 0.4) is 0 Å². The number of fused-ring (bicyclic) bond motifs is 3. The molecule has 1 aromatic heterocycles. The van der Waals surface area contributed by atoms with Gasteiger partial charge >= 0.3 is 0 Å². The average Bonchev–Trinajstić information content (AvgIpc) is 3.18. The molecule has 3 atom stereocenters. The Balaban J connectivity index is 1.76. The maximum absolute atomic E-state index is 12.7. The zero-order chi connectivity index (χ0) is 15.4. The molecule has 1 N–H and O–H groups in total. The normalized spacial score (nSPS) is 27.3. The van der Waals surface area contributed by atoms with Crippen LogP contribution in [0.15, 0.2) is 18.2 Å². The van der Waals surface area contributed by atoms with Gasteiger partial charge in [0, 0.05) is 12.0 Å². The number of carbonyl (C=O) groups excluding carboxylic acids is 1. The first-order valence-corrected chi connectivity index (χ1v) is 8.33. The Morgan fingerprint density at radius 1 is 1.36 bits per heavy atom. The van der Waals surface area contributed by atoms with Gasteiger partial charge in [0.05, 0.1) is 17.1 Å². The lowest BCUT2D eigenvalue weighted by atomic mass is 9.97. The molecule has 0 spiro atoms. The van der Waals surface area contributed by atoms with Crippen LogP contribution in [-0.2, 0) is 4.79 Å². The molecule has 4 nitrogen and oxygen atoms in total. The number of rotatable bonds is 2. The van der Waals surface area contributed by atoms with Crippen molar-refractivity contribution in [1.29, 1.82) is 0 Å². The number of amides is 1. The molecule has 2 aromatic rings. The minimum Gasteiger partial charge on any atom is -0.340 e. The molecular weight excluding hydrogens is 274 g/mol. The highest BCUT2D eigenvalue weighted by Crippen LogP contribution is 2.50. The van der Waals surface area contributed by atoms with Crippen molar-refractivity contribution < 1.29 is 4.79 Å². The summed E-state index contributed by atoms with van der Waals surface area (Å²) >= 11 is 0. The largest absolute Gasteiger partial charge is 0.340 e. The van der Waals surface area contributed by atoms with Crippen molar-refractivity contribution in [3.63, 3.8) is 0 Å². The lowest BCUT2D eigenvalue weighted by Gasteiger charge is -2.35. The molecule has 2 heterocycles. The molecule has 1 aliphatic carbocycles. The summed E-state index contributed by atoms with van der Waals surface area (Å²) in [7, 11) is 0. The first kappa shape index (κ1) is 13.8. The fourth-order valence-electron chi connectivity index (χ4n) is 4.24. The molecule has 1 saturated heterocycles. The fraction of sp³-hybridized carbons (Fsp3) is 0.556. The Hall–Kier alpha value is -1.84. The smallest absolute Gasteiger partial charge is 0.226 e. The number of hydrogen-bond acceptors (Lipinski definition) is 2. The monoisotopic (exact) mass is 297 g/mol. The number of hydrogen-bond donors (Lipinski definition) is 1. The Kier molecular flexibility index (Phi) is 3.03. The summed E-state index contributed by atoms with van der Waals surface area (Å²) in [4.78, 5) is 23.1. The molecule has 1 amide bonds. The van der Waals surface area contributed by atoms with Crippen LogP contribution >= 0.6 is 0 Å². The van der Waals surface area contributed by atoms with Crippen molar-refractivity contribution in [3.05, 3.63) is 29.6 Å². The first-order chi connectivity index (χ1) is 10.5. The summed E-state index contributed by atoms with van der Waals surface area (Å²) in [6.07, 6.45) is 3.51. The number of nitrogens with one attached hydrogen (secondary N) is 1. The highest BCUT2D eigenvalue weighted by Gasteiger charge is 2.50. The molecule has 1 saturated carbocycles. The third-order valence-corrected chi connectivity index (χ3v) is 5.27. The number of imidazole rings is 1. The SMILES string of the molecule is Cc1ccc2nc([C@@H]3C4CCC(C4)N3C(=O)C(C)C)[nH]c2c1. The third-order valence-electron chi connectivity index (χ3n) is 5.27. The van der Waals surface area contributed by atoms with Crippen LogP contribution in [0.4, 0.5) is 0 Å². The van der Waals surface area contributed by atoms with E-state index in [1.165, 1.54) is 12.0 Å². The van der Waals surface area contributed by atoms with Gasteiger partial charge in [-0.25, -0.2) is 4.98 Å². The van der Waals surface area contributed by atoms with Gasteiger partial charge in [-0.1, -0.05) is 19.9 Å². The number of nitrogens with zero attached hydrogens (tertiary/aromatic N) is 2. The lowest BCUT2D eigenvalue weighted by molar-refractivity contribution is -0.139. The van der Waals surface area contributed by atoms with Crippen molar-refractivity contribution in [2.45, 2.75) is 52.1 Å². The van der Waals surface area contributed by atoms with Crippen molar-refractivity contribution in [1.82, 2.24) is 14.9 Å². The van der Waals surface area contributed by atoms with E-state index in [0.29, 0.717) is 12.0 Å². The predicted molar refractivity (Wildman–Crippen MR) is 86.4 cm³/mol. The number of likely N-dealkylation sites (tertiary alicyclic amines) is 1. The second-order valence-electron chi connectivity index (χ2n) is 7.21. The number of carbonyl (C=O) groups is 1. The van der Waals surface area contributed by atoms with E-state index < -0.39 is 0 Å². The average molecular weight is 297 g/mol. The van der Waals surface area contributed by atoms with E-state index >= 15 is 0 Å². The second kappa shape index (κ2) is 4.83. The Morgan fingerprint density at radius 2 is 2.18 bits per heavy atom. The molecule has 2 bridgehead atoms. The van der Waals surface area contributed by atoms with E-state index in [1.54, 1.807) is 0 Å². The lowest BCUT2D eigenvalue weighted by Crippen LogP contribution is -2.42. The summed E-state index contributed by atoms with van der Waals surface area (Å²) in [5.74, 6) is 1.86. The maximum atomic E-state index is 12.7. The van der Waals surface area contributed by atoms with Crippen LogP contribution in [0.2, 0.25) is 0 Å². The topological polar surface area (TPSA) is 49.0 Å². The Morgan fingerprint density at radius 3 is 2.95 bits per heavy atom. The number of benzene rings is 1. The number of aromatic amines is 1. The standard InChI is InChI=1S/C18H23N3O/c1-10(2)18(22)21-13-6-5-12(9-13)16(21)17-19-14-7-4-11(3)8-15(14)20-17/h4,7-8,10,12-13,16H,5-6,9H2,1-3H3,(H,19,20)/t12?,13?,16-/m0/s1. The highest BCUT2D eigenvalue weighted by molar-refractivity contribution is 5.80. The van der Waals surface area contributed by atoms with E-state index in [9.17, 15) is 4.79 Å². The maximum Gasteiger partial charge on any atom is 0.226 e. The molecule has 2 fully saturated rings. The Bertz CT molecular complexity index is 733. The van der Waals surface area contributed by atoms with Crippen LogP contribution in [0, 0.1) is 18.8 Å². The van der Waals surface area contributed by atoms with Gasteiger partial charge in [-0.05, 0) is 49.8 Å². The summed E-state index contributed by atoms with van der Waals surface area (Å²) < 4.78 is 0. The van der Waals surface area contributed by atoms with Gasteiger partial charge in [0.15, 0.2) is 0 Å². The minimum atomic E-state index is 0.0495. The summed E-state index contributed by atoms with van der Waals surface area (Å²) in [6.45, 7) is 6.08. The minimum absolute atomic E-state index is 0.0495. The fourth-order valence-corrected chi connectivity index (χ4v) is 4.24. The molecule has 4 heteroatoms. The van der Waals surface area contributed by atoms with Gasteiger partial charge in [-0.3, -0.25) is 4.79 Å². The molecule has 4 rings (SSSR count). The number of piperidine rings is 1. The van der Waals surface area contributed by atoms with Gasteiger partial charge in [-0.2, -0.15) is 0 Å². The van der Waals surface area contributed by atoms with Crippen molar-refractivity contribution in [3.8, 4) is 0 Å². The summed E-state index contributed by atoms with van der Waals surface area (Å²) in [5.41, 5.74) is 3.31. The molecule has 1 aromatic carbocycles. The molecule has 2 unspecified atom stereocenters. The molecular formula is C18H23N3O. The van der Waals surface area contributed by atoms with Crippen LogP contribution in [0.5, 0.6) is 0 Å². The van der Waals surface area contributed by atoms with Gasteiger partial charge in [0.1, 0.15) is 5.82 Å². The van der Waals surface area contributed by atoms with Gasteiger partial charge in [0.25, 0.3) is 0 Å². The van der Waals surface area contributed by atoms with Crippen LogP contribution in [-0.4, -0.2) is 26.8 Å². The highest BCUT2D eigenvalue weighted by atomic mass is 16.2. The van der Waals surface area contributed by atoms with E-state index in [4.69, 9.17) is 4.98 Å². The van der Waals surface area contributed by atoms with Crippen LogP contribution in [0.25, 0.3) is 11.0 Å². The van der Waals surface area contributed by atoms with Gasteiger partial charge < -0.3 is 9.88 Å². The first-order valence-electron chi connectivity index (χ1n) is 8.33. The molecule has 22 heavy (non-hydrogen) atoms. The third kappa shape index (κ3) is 1.97. The van der Waals surface area contributed by atoms with Crippen molar-refractivity contribution >= 4 is 16.9 Å².